The maximum Gasteiger partial charge on any atom is 0.307 e. The fourth-order valence-electron chi connectivity index (χ4n) is 2.36. The predicted molar refractivity (Wildman–Crippen MR) is 78.2 cm³/mol. The molecule has 0 aromatic heterocycles. The second-order valence-corrected chi connectivity index (χ2v) is 5.58. The predicted octanol–water partition coefficient (Wildman–Crippen LogP) is 1.85. The summed E-state index contributed by atoms with van der Waals surface area (Å²) < 4.78 is 5.11. The Labute approximate surface area is 124 Å². The van der Waals surface area contributed by atoms with E-state index >= 15 is 0 Å². The standard InChI is InChI=1S/C16H21NO4/c1-10(17-15(18)13-9-14(13)16(19)20)3-4-11-5-7-12(21-2)8-6-11/h5-8,10,13-14H,3-4,9H2,1-2H3,(H,17,18)(H,19,20)/t10-,13+,14+/m0/s1. The van der Waals surface area contributed by atoms with Gasteiger partial charge in [-0.25, -0.2) is 0 Å². The Morgan fingerprint density at radius 1 is 1.33 bits per heavy atom. The normalized spacial score (nSPS) is 21.4. The number of benzene rings is 1. The lowest BCUT2D eigenvalue weighted by Crippen LogP contribution is -2.34. The van der Waals surface area contributed by atoms with Gasteiger partial charge in [0.2, 0.25) is 5.91 Å². The van der Waals surface area contributed by atoms with E-state index in [4.69, 9.17) is 9.84 Å². The van der Waals surface area contributed by atoms with Crippen LogP contribution < -0.4 is 10.1 Å². The molecule has 1 aliphatic carbocycles. The minimum Gasteiger partial charge on any atom is -0.497 e. The Hall–Kier alpha value is -2.04. The Kier molecular flexibility index (Phi) is 4.83. The molecule has 0 aliphatic heterocycles. The van der Waals surface area contributed by atoms with Gasteiger partial charge in [0, 0.05) is 6.04 Å². The van der Waals surface area contributed by atoms with Crippen LogP contribution in [0, 0.1) is 11.8 Å². The zero-order valence-electron chi connectivity index (χ0n) is 12.3. The number of hydrogen-bond acceptors (Lipinski definition) is 3. The number of carboxylic acids is 1. The highest BCUT2D eigenvalue weighted by molar-refractivity contribution is 5.89. The van der Waals surface area contributed by atoms with Crippen LogP contribution in [0.25, 0.3) is 0 Å². The largest absolute Gasteiger partial charge is 0.497 e. The van der Waals surface area contributed by atoms with Gasteiger partial charge in [-0.3, -0.25) is 9.59 Å². The van der Waals surface area contributed by atoms with Crippen LogP contribution in [0.4, 0.5) is 0 Å². The van der Waals surface area contributed by atoms with Crippen LogP contribution in [0.15, 0.2) is 24.3 Å². The van der Waals surface area contributed by atoms with Crippen molar-refractivity contribution in [2.45, 2.75) is 32.2 Å². The summed E-state index contributed by atoms with van der Waals surface area (Å²) in [6.45, 7) is 1.94. The Bertz CT molecular complexity index is 512. The highest BCUT2D eigenvalue weighted by atomic mass is 16.5. The Morgan fingerprint density at radius 3 is 2.52 bits per heavy atom. The highest BCUT2D eigenvalue weighted by Gasteiger charge is 2.48. The average Bonchev–Trinajstić information content (AvgIpc) is 3.26. The number of carbonyl (C=O) groups excluding carboxylic acids is 1. The number of ether oxygens (including phenoxy) is 1. The fraction of sp³-hybridized carbons (Fsp3) is 0.500. The van der Waals surface area contributed by atoms with E-state index in [1.165, 1.54) is 5.56 Å². The number of methoxy groups -OCH3 is 1. The molecule has 21 heavy (non-hydrogen) atoms. The van der Waals surface area contributed by atoms with E-state index in [9.17, 15) is 9.59 Å². The van der Waals surface area contributed by atoms with E-state index in [0.717, 1.165) is 18.6 Å². The second kappa shape index (κ2) is 6.61. The smallest absolute Gasteiger partial charge is 0.307 e. The van der Waals surface area contributed by atoms with Crippen LogP contribution in [0.5, 0.6) is 5.75 Å². The van der Waals surface area contributed by atoms with Gasteiger partial charge in [-0.2, -0.15) is 0 Å². The van der Waals surface area contributed by atoms with Crippen molar-refractivity contribution >= 4 is 11.9 Å². The molecule has 0 spiro atoms. The monoisotopic (exact) mass is 291 g/mol. The fourth-order valence-corrected chi connectivity index (χ4v) is 2.36. The van der Waals surface area contributed by atoms with Gasteiger partial charge in [-0.1, -0.05) is 12.1 Å². The van der Waals surface area contributed by atoms with Crippen LogP contribution >= 0.6 is 0 Å². The molecule has 0 saturated heterocycles. The van der Waals surface area contributed by atoms with E-state index < -0.39 is 11.9 Å². The summed E-state index contributed by atoms with van der Waals surface area (Å²) in [4.78, 5) is 22.6. The van der Waals surface area contributed by atoms with Crippen molar-refractivity contribution < 1.29 is 19.4 Å². The summed E-state index contributed by atoms with van der Waals surface area (Å²) in [7, 11) is 1.63. The molecule has 1 aromatic carbocycles. The van der Waals surface area contributed by atoms with E-state index in [1.807, 2.05) is 31.2 Å². The van der Waals surface area contributed by atoms with Crippen molar-refractivity contribution in [3.63, 3.8) is 0 Å². The summed E-state index contributed by atoms with van der Waals surface area (Å²) in [5.74, 6) is -1.01. The first-order chi connectivity index (χ1) is 10.0. The summed E-state index contributed by atoms with van der Waals surface area (Å²) in [6.07, 6.45) is 2.15. The van der Waals surface area contributed by atoms with Crippen LogP contribution in [0.3, 0.4) is 0 Å². The number of aliphatic carboxylic acids is 1. The van der Waals surface area contributed by atoms with Gasteiger partial charge in [0.25, 0.3) is 0 Å². The molecule has 0 radical (unpaired) electrons. The van der Waals surface area contributed by atoms with Gasteiger partial charge >= 0.3 is 5.97 Å². The van der Waals surface area contributed by atoms with Crippen molar-refractivity contribution in [1.29, 1.82) is 0 Å². The number of amides is 1. The topological polar surface area (TPSA) is 75.6 Å². The first-order valence-electron chi connectivity index (χ1n) is 7.17. The first-order valence-corrected chi connectivity index (χ1v) is 7.17. The molecule has 1 aliphatic rings. The van der Waals surface area contributed by atoms with Crippen molar-refractivity contribution in [2.24, 2.45) is 11.8 Å². The first kappa shape index (κ1) is 15.4. The molecule has 1 amide bonds. The molecule has 2 N–H and O–H groups in total. The molecule has 114 valence electrons. The van der Waals surface area contributed by atoms with Crippen LogP contribution in [0.1, 0.15) is 25.3 Å². The number of carbonyl (C=O) groups is 2. The molecule has 1 saturated carbocycles. The maximum atomic E-state index is 11.8. The summed E-state index contributed by atoms with van der Waals surface area (Å²) in [6, 6.07) is 7.89. The number of carboxylic acid groups (broad SMARTS) is 1. The van der Waals surface area contributed by atoms with Crippen molar-refractivity contribution in [2.75, 3.05) is 7.11 Å². The maximum absolute atomic E-state index is 11.8. The third-order valence-electron chi connectivity index (χ3n) is 3.86. The minimum absolute atomic E-state index is 0.0367. The zero-order chi connectivity index (χ0) is 15.4. The second-order valence-electron chi connectivity index (χ2n) is 5.58. The van der Waals surface area contributed by atoms with Gasteiger partial charge in [0.1, 0.15) is 5.75 Å². The molecular formula is C16H21NO4. The van der Waals surface area contributed by atoms with Gasteiger partial charge in [0.05, 0.1) is 18.9 Å². The Morgan fingerprint density at radius 2 is 2.00 bits per heavy atom. The van der Waals surface area contributed by atoms with E-state index in [-0.39, 0.29) is 17.9 Å². The van der Waals surface area contributed by atoms with Crippen LogP contribution in [-0.2, 0) is 16.0 Å². The van der Waals surface area contributed by atoms with Gasteiger partial charge in [-0.15, -0.1) is 0 Å². The Balaban J connectivity index is 1.73. The lowest BCUT2D eigenvalue weighted by molar-refractivity contribution is -0.140. The molecule has 1 aromatic rings. The van der Waals surface area contributed by atoms with E-state index in [1.54, 1.807) is 7.11 Å². The lowest BCUT2D eigenvalue weighted by atomic mass is 10.1. The molecule has 5 nitrogen and oxygen atoms in total. The zero-order valence-corrected chi connectivity index (χ0v) is 12.3. The number of aryl methyl sites for hydroxylation is 1. The molecule has 3 atom stereocenters. The number of rotatable bonds is 7. The van der Waals surface area contributed by atoms with Crippen LogP contribution in [-0.4, -0.2) is 30.1 Å². The third-order valence-corrected chi connectivity index (χ3v) is 3.86. The van der Waals surface area contributed by atoms with Crippen LogP contribution in [0.2, 0.25) is 0 Å². The van der Waals surface area contributed by atoms with Gasteiger partial charge in [-0.05, 0) is 43.9 Å². The molecule has 0 unspecified atom stereocenters. The molecule has 5 heteroatoms. The van der Waals surface area contributed by atoms with Gasteiger partial charge < -0.3 is 15.2 Å². The van der Waals surface area contributed by atoms with Crippen molar-refractivity contribution in [3.8, 4) is 5.75 Å². The third kappa shape index (κ3) is 4.21. The van der Waals surface area contributed by atoms with E-state index in [0.29, 0.717) is 6.42 Å². The van der Waals surface area contributed by atoms with Crippen molar-refractivity contribution in [1.82, 2.24) is 5.32 Å². The highest BCUT2D eigenvalue weighted by Crippen LogP contribution is 2.38. The number of hydrogen-bond donors (Lipinski definition) is 2. The van der Waals surface area contributed by atoms with Crippen molar-refractivity contribution in [3.05, 3.63) is 29.8 Å². The minimum atomic E-state index is -0.874. The molecule has 2 rings (SSSR count). The molecule has 1 fully saturated rings. The summed E-state index contributed by atoms with van der Waals surface area (Å²) in [5, 5.41) is 11.7. The summed E-state index contributed by atoms with van der Waals surface area (Å²) in [5.41, 5.74) is 1.19. The SMILES string of the molecule is COc1ccc(CC[C@H](C)NC(=O)[C@@H]2C[C@H]2C(=O)O)cc1. The quantitative estimate of drug-likeness (QED) is 0.804. The molecule has 0 bridgehead atoms. The summed E-state index contributed by atoms with van der Waals surface area (Å²) >= 11 is 0. The van der Waals surface area contributed by atoms with E-state index in [2.05, 4.69) is 5.32 Å². The van der Waals surface area contributed by atoms with Gasteiger partial charge in [0.15, 0.2) is 0 Å². The number of nitrogens with one attached hydrogen (secondary N) is 1. The average molecular weight is 291 g/mol. The molecule has 0 heterocycles. The molecular weight excluding hydrogens is 270 g/mol. The lowest BCUT2D eigenvalue weighted by Gasteiger charge is -2.14.